The molecule has 0 aliphatic heterocycles. The number of esters is 4. The van der Waals surface area contributed by atoms with Gasteiger partial charge in [0.25, 0.3) is 0 Å². The van der Waals surface area contributed by atoms with Crippen LogP contribution in [0.5, 0.6) is 0 Å². The monoisotopic (exact) mass is 1380 g/mol. The highest BCUT2D eigenvalue weighted by molar-refractivity contribution is 7.47. The Bertz CT molecular complexity index is 1850. The van der Waals surface area contributed by atoms with Crippen molar-refractivity contribution in [1.29, 1.82) is 0 Å². The van der Waals surface area contributed by atoms with Gasteiger partial charge in [-0.15, -0.1) is 0 Å². The molecular weight excluding hydrogens is 1230 g/mol. The average Bonchev–Trinajstić information content (AvgIpc) is 2.21. The van der Waals surface area contributed by atoms with Crippen molar-refractivity contribution in [3.63, 3.8) is 0 Å². The molecule has 94 heavy (non-hydrogen) atoms. The van der Waals surface area contributed by atoms with Crippen molar-refractivity contribution in [3.8, 4) is 0 Å². The van der Waals surface area contributed by atoms with Gasteiger partial charge in [0.05, 0.1) is 26.4 Å². The molecule has 0 aliphatic carbocycles. The summed E-state index contributed by atoms with van der Waals surface area (Å²) >= 11 is 0. The first kappa shape index (κ1) is 92.1. The highest BCUT2D eigenvalue weighted by atomic mass is 31.2. The Morgan fingerprint density at radius 2 is 0.511 bits per heavy atom. The lowest BCUT2D eigenvalue weighted by Gasteiger charge is -2.21. The van der Waals surface area contributed by atoms with Crippen molar-refractivity contribution < 1.29 is 80.2 Å². The Kier molecular flexibility index (Phi) is 63.1. The van der Waals surface area contributed by atoms with Gasteiger partial charge in [0.15, 0.2) is 12.2 Å². The number of hydrogen-bond acceptors (Lipinski definition) is 15. The number of carbonyl (C=O) groups is 4. The van der Waals surface area contributed by atoms with Crippen LogP contribution in [0.25, 0.3) is 0 Å². The minimum Gasteiger partial charge on any atom is -0.462 e. The molecule has 0 fully saturated rings. The Hall–Kier alpha value is -1.94. The lowest BCUT2D eigenvalue weighted by molar-refractivity contribution is -0.161. The van der Waals surface area contributed by atoms with Crippen LogP contribution in [0.4, 0.5) is 0 Å². The standard InChI is InChI=1S/C75H146O17P2/c1-9-68(8)54-46-38-29-23-18-20-26-32-42-50-58-75(80)92-71(62-86-73(78)56-48-40-34-33-37-45-53-67(6)7)64-90-94(83,84)88-60-69(76)59-87-93(81,82)89-63-70(91-74(79)57-49-41-31-25-19-17-22-28-36-44-52-66(4)5)61-85-72(77)55-47-39-30-24-16-14-12-10-11-13-15-21-27-35-43-51-65(2)3/h65-71,76H,9-64H2,1-8H3,(H,81,82)(H,83,84)/t68?,69-,70-,71-/m1/s1. The second kappa shape index (κ2) is 64.4. The van der Waals surface area contributed by atoms with Crippen LogP contribution in [0, 0.1) is 23.7 Å². The summed E-state index contributed by atoms with van der Waals surface area (Å²) in [5.74, 6) is 0.917. The molecule has 17 nitrogen and oxygen atoms in total. The van der Waals surface area contributed by atoms with Crippen LogP contribution in [0.1, 0.15) is 376 Å². The topological polar surface area (TPSA) is 237 Å². The SMILES string of the molecule is CCC(C)CCCCCCCCCCCCC(=O)O[C@H](COC(=O)CCCCCCCCC(C)C)COP(=O)(O)OC[C@H](O)COP(=O)(O)OC[C@@H](COC(=O)CCCCCCCCCCCCCCCCCC(C)C)OC(=O)CCCCCCCCCCCCC(C)C. The molecule has 0 aromatic carbocycles. The van der Waals surface area contributed by atoms with E-state index in [1.165, 1.54) is 173 Å². The van der Waals surface area contributed by atoms with Crippen molar-refractivity contribution in [2.24, 2.45) is 23.7 Å². The van der Waals surface area contributed by atoms with Crippen LogP contribution >= 0.6 is 15.6 Å². The number of phosphoric acid groups is 2. The van der Waals surface area contributed by atoms with Crippen LogP contribution < -0.4 is 0 Å². The second-order valence-electron chi connectivity index (χ2n) is 28.7. The summed E-state index contributed by atoms with van der Waals surface area (Å²) in [5, 5.41) is 10.6. The third kappa shape index (κ3) is 67.3. The van der Waals surface area contributed by atoms with E-state index in [1.54, 1.807) is 0 Å². The van der Waals surface area contributed by atoms with Gasteiger partial charge in [0.1, 0.15) is 19.3 Å². The molecule has 0 aliphatic rings. The van der Waals surface area contributed by atoms with Crippen LogP contribution in [-0.4, -0.2) is 96.7 Å². The molecule has 0 saturated heterocycles. The zero-order chi connectivity index (χ0) is 69.6. The van der Waals surface area contributed by atoms with Gasteiger partial charge in [-0.05, 0) is 49.4 Å². The largest absolute Gasteiger partial charge is 0.472 e. The molecule has 0 saturated carbocycles. The van der Waals surface area contributed by atoms with Crippen molar-refractivity contribution in [1.82, 2.24) is 0 Å². The Labute approximate surface area is 575 Å². The fourth-order valence-corrected chi connectivity index (χ4v) is 12.9. The van der Waals surface area contributed by atoms with Gasteiger partial charge in [-0.3, -0.25) is 37.3 Å². The summed E-state index contributed by atoms with van der Waals surface area (Å²) in [5.41, 5.74) is 0. The molecule has 0 amide bonds. The third-order valence-corrected chi connectivity index (χ3v) is 19.6. The summed E-state index contributed by atoms with van der Waals surface area (Å²) in [6.07, 6.45) is 48.7. The number of aliphatic hydroxyl groups excluding tert-OH is 1. The first-order valence-corrected chi connectivity index (χ1v) is 41.7. The normalized spacial score (nSPS) is 14.4. The maximum Gasteiger partial charge on any atom is 0.472 e. The molecule has 0 spiro atoms. The van der Waals surface area contributed by atoms with E-state index in [0.29, 0.717) is 31.6 Å². The van der Waals surface area contributed by atoms with E-state index in [9.17, 15) is 43.2 Å². The second-order valence-corrected chi connectivity index (χ2v) is 31.6. The van der Waals surface area contributed by atoms with Crippen molar-refractivity contribution >= 4 is 39.5 Å². The summed E-state index contributed by atoms with van der Waals surface area (Å²) in [6, 6.07) is 0. The summed E-state index contributed by atoms with van der Waals surface area (Å²) in [4.78, 5) is 72.7. The molecule has 558 valence electrons. The molecule has 6 atom stereocenters. The summed E-state index contributed by atoms with van der Waals surface area (Å²) in [7, 11) is -9.91. The molecule has 0 aromatic heterocycles. The Balaban J connectivity index is 5.22. The van der Waals surface area contributed by atoms with Crippen LogP contribution in [-0.2, 0) is 65.4 Å². The minimum absolute atomic E-state index is 0.105. The molecule has 3 unspecified atom stereocenters. The van der Waals surface area contributed by atoms with E-state index in [0.717, 1.165) is 114 Å². The van der Waals surface area contributed by atoms with Crippen molar-refractivity contribution in [2.75, 3.05) is 39.6 Å². The number of hydrogen-bond donors (Lipinski definition) is 3. The Morgan fingerprint density at radius 1 is 0.298 bits per heavy atom. The summed E-state index contributed by atoms with van der Waals surface area (Å²) < 4.78 is 68.5. The highest BCUT2D eigenvalue weighted by Crippen LogP contribution is 2.45. The van der Waals surface area contributed by atoms with Gasteiger partial charge < -0.3 is 33.8 Å². The molecule has 3 N–H and O–H groups in total. The van der Waals surface area contributed by atoms with Crippen molar-refractivity contribution in [3.05, 3.63) is 0 Å². The maximum absolute atomic E-state index is 13.1. The smallest absolute Gasteiger partial charge is 0.462 e. The van der Waals surface area contributed by atoms with Gasteiger partial charge >= 0.3 is 39.5 Å². The predicted molar refractivity (Wildman–Crippen MR) is 381 cm³/mol. The molecule has 0 bridgehead atoms. The van der Waals surface area contributed by atoms with Crippen LogP contribution in [0.3, 0.4) is 0 Å². The lowest BCUT2D eigenvalue weighted by atomic mass is 9.99. The fourth-order valence-electron chi connectivity index (χ4n) is 11.3. The number of carbonyl (C=O) groups excluding carboxylic acids is 4. The number of unbranched alkanes of at least 4 members (excludes halogenated alkanes) is 37. The van der Waals surface area contributed by atoms with E-state index < -0.39 is 97.5 Å². The van der Waals surface area contributed by atoms with Gasteiger partial charge in [-0.25, -0.2) is 9.13 Å². The predicted octanol–water partition coefficient (Wildman–Crippen LogP) is 21.7. The first-order chi connectivity index (χ1) is 45.1. The molecule has 0 heterocycles. The lowest BCUT2D eigenvalue weighted by Crippen LogP contribution is -2.30. The van der Waals surface area contributed by atoms with Gasteiger partial charge in [-0.2, -0.15) is 0 Å². The first-order valence-electron chi connectivity index (χ1n) is 38.7. The quantitative estimate of drug-likeness (QED) is 0.0222. The summed E-state index contributed by atoms with van der Waals surface area (Å²) in [6.45, 7) is 14.2. The van der Waals surface area contributed by atoms with E-state index >= 15 is 0 Å². The Morgan fingerprint density at radius 3 is 0.755 bits per heavy atom. The molecular formula is C75H146O17P2. The zero-order valence-corrected chi connectivity index (χ0v) is 63.4. The van der Waals surface area contributed by atoms with Gasteiger partial charge in [0.2, 0.25) is 0 Å². The number of aliphatic hydroxyl groups is 1. The van der Waals surface area contributed by atoms with Crippen LogP contribution in [0.2, 0.25) is 0 Å². The minimum atomic E-state index is -4.96. The van der Waals surface area contributed by atoms with E-state index in [1.807, 2.05) is 0 Å². The third-order valence-electron chi connectivity index (χ3n) is 17.7. The molecule has 0 aromatic rings. The number of ether oxygens (including phenoxy) is 4. The van der Waals surface area contributed by atoms with Crippen molar-refractivity contribution in [2.45, 2.75) is 395 Å². The zero-order valence-electron chi connectivity index (χ0n) is 61.6. The number of phosphoric ester groups is 2. The van der Waals surface area contributed by atoms with E-state index in [-0.39, 0.29) is 25.7 Å². The fraction of sp³-hybridized carbons (Fsp3) is 0.947. The molecule has 19 heteroatoms. The molecule has 0 radical (unpaired) electrons. The van der Waals surface area contributed by atoms with E-state index in [4.69, 9.17) is 37.0 Å². The van der Waals surface area contributed by atoms with Crippen LogP contribution in [0.15, 0.2) is 0 Å². The average molecular weight is 1380 g/mol. The number of rotatable bonds is 72. The molecule has 0 rings (SSSR count). The van der Waals surface area contributed by atoms with E-state index in [2.05, 4.69) is 55.4 Å². The van der Waals surface area contributed by atoms with Gasteiger partial charge in [0, 0.05) is 25.7 Å². The van der Waals surface area contributed by atoms with Gasteiger partial charge in [-0.1, -0.05) is 325 Å². The highest BCUT2D eigenvalue weighted by Gasteiger charge is 2.30. The maximum atomic E-state index is 13.1.